The number of ether oxygens (including phenoxy) is 2. The van der Waals surface area contributed by atoms with Crippen LogP contribution in [0.25, 0.3) is 22.7 Å². The van der Waals surface area contributed by atoms with Crippen molar-refractivity contribution in [2.45, 2.75) is 20.5 Å². The van der Waals surface area contributed by atoms with E-state index in [-0.39, 0.29) is 0 Å². The second-order valence-electron chi connectivity index (χ2n) is 7.59. The van der Waals surface area contributed by atoms with E-state index in [9.17, 15) is 5.26 Å². The van der Waals surface area contributed by atoms with Crippen molar-refractivity contribution in [1.82, 2.24) is 9.97 Å². The molecule has 0 aliphatic heterocycles. The van der Waals surface area contributed by atoms with Crippen LogP contribution in [-0.4, -0.2) is 17.1 Å². The summed E-state index contributed by atoms with van der Waals surface area (Å²) in [7, 11) is 1.60. The van der Waals surface area contributed by atoms with Gasteiger partial charge in [-0.1, -0.05) is 35.9 Å². The summed E-state index contributed by atoms with van der Waals surface area (Å²) in [6, 6.07) is 20.1. The van der Waals surface area contributed by atoms with Gasteiger partial charge in [0.25, 0.3) is 0 Å². The number of aromatic nitrogens is 2. The highest BCUT2D eigenvalue weighted by Gasteiger charge is 2.14. The number of allylic oxidation sites excluding steroid dienone is 1. The molecule has 3 aromatic carbocycles. The Hall–Kier alpha value is -3.56. The van der Waals surface area contributed by atoms with Crippen molar-refractivity contribution in [1.29, 1.82) is 5.26 Å². The molecule has 0 saturated carbocycles. The molecule has 4 aromatic rings. The molecule has 0 amide bonds. The number of benzene rings is 3. The summed E-state index contributed by atoms with van der Waals surface area (Å²) in [6.07, 6.45) is 1.78. The summed E-state index contributed by atoms with van der Waals surface area (Å²) >= 11 is 3.59. The minimum Gasteiger partial charge on any atom is -0.493 e. The number of hydrogen-bond donors (Lipinski definition) is 1. The van der Waals surface area contributed by atoms with Gasteiger partial charge < -0.3 is 14.5 Å². The normalized spacial score (nSPS) is 11.4. The van der Waals surface area contributed by atoms with Crippen molar-refractivity contribution in [3.63, 3.8) is 0 Å². The maximum Gasteiger partial charge on any atom is 0.175 e. The molecule has 1 heterocycles. The van der Waals surface area contributed by atoms with Crippen LogP contribution in [-0.2, 0) is 6.61 Å². The van der Waals surface area contributed by atoms with Crippen LogP contribution in [0.2, 0.25) is 0 Å². The van der Waals surface area contributed by atoms with E-state index in [1.54, 1.807) is 13.2 Å². The fraction of sp³-hybridized carbons (Fsp3) is 0.154. The second-order valence-corrected chi connectivity index (χ2v) is 8.44. The highest BCUT2D eigenvalue weighted by atomic mass is 79.9. The molecule has 4 rings (SSSR count). The van der Waals surface area contributed by atoms with Gasteiger partial charge >= 0.3 is 0 Å². The van der Waals surface area contributed by atoms with Gasteiger partial charge in [0, 0.05) is 0 Å². The van der Waals surface area contributed by atoms with Gasteiger partial charge in [0.15, 0.2) is 11.5 Å². The Labute approximate surface area is 195 Å². The zero-order chi connectivity index (χ0) is 22.7. The molecule has 0 unspecified atom stereocenters. The SMILES string of the molecule is COc1cc(C=C(C#N)c2nc3ccc(C)cc3[nH]2)cc(Br)c1OCc1cccc(C)c1. The summed E-state index contributed by atoms with van der Waals surface area (Å²) in [5, 5.41) is 9.76. The quantitative estimate of drug-likeness (QED) is 0.311. The van der Waals surface area contributed by atoms with E-state index in [1.807, 2.05) is 49.4 Å². The van der Waals surface area contributed by atoms with Gasteiger partial charge in [-0.25, -0.2) is 4.98 Å². The number of fused-ring (bicyclic) bond motifs is 1. The third-order valence-electron chi connectivity index (χ3n) is 5.04. The molecule has 0 bridgehead atoms. The monoisotopic (exact) mass is 487 g/mol. The number of nitrogens with one attached hydrogen (secondary N) is 1. The minimum absolute atomic E-state index is 0.424. The minimum atomic E-state index is 0.424. The van der Waals surface area contributed by atoms with Gasteiger partial charge in [-0.15, -0.1) is 0 Å². The highest BCUT2D eigenvalue weighted by molar-refractivity contribution is 9.10. The lowest BCUT2D eigenvalue weighted by Crippen LogP contribution is -1.99. The van der Waals surface area contributed by atoms with Crippen LogP contribution in [0.4, 0.5) is 0 Å². The average molecular weight is 488 g/mol. The Bertz CT molecular complexity index is 1370. The zero-order valence-corrected chi connectivity index (χ0v) is 19.7. The third-order valence-corrected chi connectivity index (χ3v) is 5.63. The molecule has 6 heteroatoms. The number of methoxy groups -OCH3 is 1. The number of aryl methyl sites for hydroxylation is 2. The summed E-state index contributed by atoms with van der Waals surface area (Å²) in [6.45, 7) is 4.50. The number of imidazole rings is 1. The van der Waals surface area contributed by atoms with Crippen molar-refractivity contribution in [3.05, 3.63) is 87.1 Å². The second kappa shape index (κ2) is 9.29. The predicted octanol–water partition coefficient (Wildman–Crippen LogP) is 6.59. The van der Waals surface area contributed by atoms with Gasteiger partial charge in [0.1, 0.15) is 18.5 Å². The van der Waals surface area contributed by atoms with Gasteiger partial charge in [-0.05, 0) is 76.8 Å². The standard InChI is InChI=1S/C26H22BrN3O2/c1-16-5-4-6-18(9-16)15-32-25-21(27)12-19(13-24(25)31-3)11-20(14-28)26-29-22-8-7-17(2)10-23(22)30-26/h4-13H,15H2,1-3H3,(H,29,30). The number of halogens is 1. The fourth-order valence-electron chi connectivity index (χ4n) is 3.49. The Morgan fingerprint density at radius 3 is 2.69 bits per heavy atom. The Kier molecular flexibility index (Phi) is 6.29. The smallest absolute Gasteiger partial charge is 0.175 e. The van der Waals surface area contributed by atoms with E-state index in [4.69, 9.17) is 9.47 Å². The first-order valence-corrected chi connectivity index (χ1v) is 10.9. The molecule has 0 radical (unpaired) electrons. The van der Waals surface area contributed by atoms with E-state index in [2.05, 4.69) is 51.0 Å². The summed E-state index contributed by atoms with van der Waals surface area (Å²) in [5.41, 5.74) is 6.35. The highest BCUT2D eigenvalue weighted by Crippen LogP contribution is 2.38. The van der Waals surface area contributed by atoms with Crippen LogP contribution in [0.5, 0.6) is 11.5 Å². The van der Waals surface area contributed by atoms with Crippen molar-refractivity contribution >= 4 is 38.6 Å². The number of hydrogen-bond acceptors (Lipinski definition) is 4. The largest absolute Gasteiger partial charge is 0.493 e. The zero-order valence-electron chi connectivity index (χ0n) is 18.1. The molecule has 0 atom stereocenters. The van der Waals surface area contributed by atoms with E-state index >= 15 is 0 Å². The van der Waals surface area contributed by atoms with Crippen molar-refractivity contribution in [2.24, 2.45) is 0 Å². The van der Waals surface area contributed by atoms with E-state index in [0.29, 0.717) is 29.5 Å². The molecule has 32 heavy (non-hydrogen) atoms. The van der Waals surface area contributed by atoms with Gasteiger partial charge in [0.05, 0.1) is 28.2 Å². The first kappa shape index (κ1) is 21.7. The number of aromatic amines is 1. The molecular weight excluding hydrogens is 466 g/mol. The van der Waals surface area contributed by atoms with Crippen LogP contribution in [0, 0.1) is 25.2 Å². The average Bonchev–Trinajstić information content (AvgIpc) is 3.19. The molecule has 160 valence electrons. The maximum atomic E-state index is 9.76. The molecule has 0 saturated heterocycles. The maximum absolute atomic E-state index is 9.76. The molecular formula is C26H22BrN3O2. The van der Waals surface area contributed by atoms with Crippen molar-refractivity contribution in [3.8, 4) is 17.6 Å². The van der Waals surface area contributed by atoms with Crippen molar-refractivity contribution in [2.75, 3.05) is 7.11 Å². The van der Waals surface area contributed by atoms with E-state index in [0.717, 1.165) is 32.2 Å². The van der Waals surface area contributed by atoms with Gasteiger partial charge in [-0.3, -0.25) is 0 Å². The first-order valence-electron chi connectivity index (χ1n) is 10.1. The molecule has 0 spiro atoms. The van der Waals surface area contributed by atoms with E-state index < -0.39 is 0 Å². The van der Waals surface area contributed by atoms with Crippen LogP contribution in [0.1, 0.15) is 28.1 Å². The van der Waals surface area contributed by atoms with Crippen molar-refractivity contribution < 1.29 is 9.47 Å². The number of nitrogens with zero attached hydrogens (tertiary/aromatic N) is 2. The molecule has 5 nitrogen and oxygen atoms in total. The number of rotatable bonds is 6. The van der Waals surface area contributed by atoms with Crippen LogP contribution < -0.4 is 9.47 Å². The molecule has 0 aliphatic rings. The summed E-state index contributed by atoms with van der Waals surface area (Å²) in [4.78, 5) is 7.80. The predicted molar refractivity (Wildman–Crippen MR) is 131 cm³/mol. The van der Waals surface area contributed by atoms with E-state index in [1.165, 1.54) is 5.56 Å². The van der Waals surface area contributed by atoms with Crippen LogP contribution >= 0.6 is 15.9 Å². The molecule has 0 aliphatic carbocycles. The fourth-order valence-corrected chi connectivity index (χ4v) is 4.07. The topological polar surface area (TPSA) is 70.9 Å². The summed E-state index contributed by atoms with van der Waals surface area (Å²) < 4.78 is 12.4. The molecule has 1 aromatic heterocycles. The first-order chi connectivity index (χ1) is 15.5. The van der Waals surface area contributed by atoms with Crippen LogP contribution in [0.3, 0.4) is 0 Å². The lowest BCUT2D eigenvalue weighted by atomic mass is 10.1. The summed E-state index contributed by atoms with van der Waals surface area (Å²) in [5.74, 6) is 1.72. The van der Waals surface area contributed by atoms with Gasteiger partial charge in [-0.2, -0.15) is 5.26 Å². The molecule has 1 N–H and O–H groups in total. The number of nitriles is 1. The Morgan fingerprint density at radius 1 is 1.12 bits per heavy atom. The lowest BCUT2D eigenvalue weighted by Gasteiger charge is -2.14. The van der Waals surface area contributed by atoms with Gasteiger partial charge in [0.2, 0.25) is 0 Å². The van der Waals surface area contributed by atoms with Crippen LogP contribution in [0.15, 0.2) is 59.1 Å². The number of H-pyrrole nitrogens is 1. The Balaban J connectivity index is 1.64. The molecule has 0 fully saturated rings. The lowest BCUT2D eigenvalue weighted by molar-refractivity contribution is 0.282. The Morgan fingerprint density at radius 2 is 1.94 bits per heavy atom. The third kappa shape index (κ3) is 4.68.